The molecule has 0 unspecified atom stereocenters. The molecule has 0 atom stereocenters. The number of hydrogen-bond acceptors (Lipinski definition) is 4. The van der Waals surface area contributed by atoms with E-state index >= 15 is 0 Å². The van der Waals surface area contributed by atoms with Crippen molar-refractivity contribution in [2.75, 3.05) is 4.90 Å². The van der Waals surface area contributed by atoms with Crippen LogP contribution in [-0.4, -0.2) is 9.97 Å². The smallest absolute Gasteiger partial charge is 0.161 e. The largest absolute Gasteiger partial charge is 0.453 e. The first-order valence-corrected chi connectivity index (χ1v) is 17.8. The summed E-state index contributed by atoms with van der Waals surface area (Å²) in [6.45, 7) is 13.6. The van der Waals surface area contributed by atoms with E-state index in [1.54, 1.807) is 0 Å². The van der Waals surface area contributed by atoms with E-state index in [-0.39, 0.29) is 10.8 Å². The fourth-order valence-electron chi connectivity index (χ4n) is 7.14. The molecule has 8 rings (SSSR count). The van der Waals surface area contributed by atoms with Gasteiger partial charge >= 0.3 is 0 Å². The van der Waals surface area contributed by atoms with Crippen LogP contribution in [-0.2, 0) is 11.8 Å². The first-order chi connectivity index (χ1) is 24.5. The lowest BCUT2D eigenvalue weighted by Crippen LogP contribution is -2.11. The lowest BCUT2D eigenvalue weighted by atomic mass is 9.87. The van der Waals surface area contributed by atoms with Gasteiger partial charge in [-0.3, -0.25) is 9.97 Å². The molecule has 0 amide bonds. The van der Waals surface area contributed by atoms with Gasteiger partial charge in [-0.15, -0.1) is 0 Å². The van der Waals surface area contributed by atoms with E-state index in [9.17, 15) is 0 Å². The van der Waals surface area contributed by atoms with E-state index in [0.29, 0.717) is 0 Å². The molecule has 4 nitrogen and oxygen atoms in total. The van der Waals surface area contributed by atoms with Crippen LogP contribution in [0.3, 0.4) is 0 Å². The van der Waals surface area contributed by atoms with Gasteiger partial charge in [-0.1, -0.05) is 108 Å². The molecular formula is C47H43N3O. The summed E-state index contributed by atoms with van der Waals surface area (Å²) in [7, 11) is 0. The van der Waals surface area contributed by atoms with Crippen LogP contribution in [0.2, 0.25) is 0 Å². The predicted molar refractivity (Wildman–Crippen MR) is 214 cm³/mol. The van der Waals surface area contributed by atoms with Crippen molar-refractivity contribution in [3.05, 3.63) is 151 Å². The van der Waals surface area contributed by atoms with Crippen molar-refractivity contribution < 1.29 is 4.42 Å². The van der Waals surface area contributed by atoms with E-state index in [4.69, 9.17) is 14.4 Å². The zero-order chi connectivity index (χ0) is 35.3. The van der Waals surface area contributed by atoms with Gasteiger partial charge in [-0.05, 0) is 94.4 Å². The predicted octanol–water partition coefficient (Wildman–Crippen LogP) is 13.2. The number of aromatic nitrogens is 2. The van der Waals surface area contributed by atoms with Crippen LogP contribution in [0.15, 0.2) is 144 Å². The van der Waals surface area contributed by atoms with Gasteiger partial charge in [0.2, 0.25) is 0 Å². The maximum absolute atomic E-state index is 6.78. The van der Waals surface area contributed by atoms with Gasteiger partial charge in [-0.25, -0.2) is 0 Å². The molecule has 0 N–H and O–H groups in total. The third-order valence-electron chi connectivity index (χ3n) is 9.59. The summed E-state index contributed by atoms with van der Waals surface area (Å²) in [6, 6.07) is 45.3. The number of rotatable bonds is 6. The van der Waals surface area contributed by atoms with E-state index < -0.39 is 0 Å². The number of benzene rings is 5. The zero-order valence-electron chi connectivity index (χ0n) is 30.2. The van der Waals surface area contributed by atoms with Crippen molar-refractivity contribution in [1.82, 2.24) is 9.97 Å². The number of para-hydroxylation sites is 1. The second kappa shape index (κ2) is 12.5. The third kappa shape index (κ3) is 6.39. The Labute approximate surface area is 300 Å². The van der Waals surface area contributed by atoms with Gasteiger partial charge in [-0.2, -0.15) is 0 Å². The van der Waals surface area contributed by atoms with Crippen molar-refractivity contribution in [1.29, 1.82) is 0 Å². The molecule has 0 saturated heterocycles. The summed E-state index contributed by atoms with van der Waals surface area (Å²) >= 11 is 0. The van der Waals surface area contributed by atoms with Crippen LogP contribution in [0.1, 0.15) is 52.7 Å². The highest BCUT2D eigenvalue weighted by molar-refractivity contribution is 6.16. The topological polar surface area (TPSA) is 42.2 Å². The molecule has 0 aliphatic rings. The van der Waals surface area contributed by atoms with Gasteiger partial charge in [0.1, 0.15) is 11.3 Å². The van der Waals surface area contributed by atoms with Gasteiger partial charge in [0, 0.05) is 56.7 Å². The van der Waals surface area contributed by atoms with Crippen molar-refractivity contribution in [2.45, 2.75) is 53.4 Å². The summed E-state index contributed by atoms with van der Waals surface area (Å²) < 4.78 is 6.78. The van der Waals surface area contributed by atoms with Crippen LogP contribution in [0.4, 0.5) is 17.1 Å². The maximum Gasteiger partial charge on any atom is 0.161 e. The van der Waals surface area contributed by atoms with Crippen LogP contribution >= 0.6 is 0 Å². The molecule has 252 valence electrons. The lowest BCUT2D eigenvalue weighted by molar-refractivity contribution is 0.411. The van der Waals surface area contributed by atoms with Gasteiger partial charge < -0.3 is 9.32 Å². The summed E-state index contributed by atoms with van der Waals surface area (Å²) in [5.41, 5.74) is 11.6. The minimum Gasteiger partial charge on any atom is -0.453 e. The Bertz CT molecular complexity index is 2530. The van der Waals surface area contributed by atoms with Crippen LogP contribution in [0.25, 0.3) is 55.2 Å². The van der Waals surface area contributed by atoms with Crippen LogP contribution in [0.5, 0.6) is 0 Å². The maximum atomic E-state index is 6.78. The van der Waals surface area contributed by atoms with Crippen molar-refractivity contribution >= 4 is 49.8 Å². The number of pyridine rings is 2. The highest BCUT2D eigenvalue weighted by Crippen LogP contribution is 2.41. The SMILES string of the molecule is CC(C)(C)Cc1ccc2c(ccc3c4ccnc(-c5cccc(N(c6ccccc6)c6cccc(-c7cc(C(C)(C)C)ccn7)c6)c5)c4oc23)c1. The van der Waals surface area contributed by atoms with E-state index in [1.807, 2.05) is 12.4 Å². The molecule has 0 fully saturated rings. The lowest BCUT2D eigenvalue weighted by Gasteiger charge is -2.26. The Morgan fingerprint density at radius 2 is 1.22 bits per heavy atom. The molecular weight excluding hydrogens is 623 g/mol. The Balaban J connectivity index is 1.23. The third-order valence-corrected chi connectivity index (χ3v) is 9.59. The Hall–Kier alpha value is -5.74. The number of furan rings is 1. The van der Waals surface area contributed by atoms with E-state index in [0.717, 1.165) is 73.3 Å². The fourth-order valence-corrected chi connectivity index (χ4v) is 7.14. The normalized spacial score (nSPS) is 12.2. The minimum atomic E-state index is 0.0330. The molecule has 4 heteroatoms. The quantitative estimate of drug-likeness (QED) is 0.177. The highest BCUT2D eigenvalue weighted by Gasteiger charge is 2.20. The average molecular weight is 666 g/mol. The van der Waals surface area contributed by atoms with Crippen LogP contribution in [0, 0.1) is 5.41 Å². The van der Waals surface area contributed by atoms with E-state index in [2.05, 4.69) is 174 Å². The summed E-state index contributed by atoms with van der Waals surface area (Å²) in [5.74, 6) is 0. The van der Waals surface area contributed by atoms with Gasteiger partial charge in [0.05, 0.1) is 5.69 Å². The molecule has 5 aromatic carbocycles. The Kier molecular flexibility index (Phi) is 7.98. The molecule has 8 aromatic rings. The second-order valence-corrected chi connectivity index (χ2v) is 15.8. The minimum absolute atomic E-state index is 0.0330. The molecule has 3 heterocycles. The summed E-state index contributed by atoms with van der Waals surface area (Å²) in [4.78, 5) is 12.0. The van der Waals surface area contributed by atoms with Gasteiger partial charge in [0.15, 0.2) is 5.58 Å². The zero-order valence-corrected chi connectivity index (χ0v) is 30.2. The molecule has 0 saturated carbocycles. The Morgan fingerprint density at radius 3 is 1.96 bits per heavy atom. The average Bonchev–Trinajstić information content (AvgIpc) is 3.51. The summed E-state index contributed by atoms with van der Waals surface area (Å²) in [6.07, 6.45) is 4.84. The summed E-state index contributed by atoms with van der Waals surface area (Å²) in [5, 5.41) is 4.49. The first-order valence-electron chi connectivity index (χ1n) is 17.8. The van der Waals surface area contributed by atoms with Crippen LogP contribution < -0.4 is 4.90 Å². The molecule has 51 heavy (non-hydrogen) atoms. The van der Waals surface area contributed by atoms with Crippen molar-refractivity contribution in [3.8, 4) is 22.5 Å². The second-order valence-electron chi connectivity index (χ2n) is 15.8. The Morgan fingerprint density at radius 1 is 0.549 bits per heavy atom. The molecule has 0 aliphatic carbocycles. The molecule has 3 aromatic heterocycles. The highest BCUT2D eigenvalue weighted by atomic mass is 16.3. The van der Waals surface area contributed by atoms with Crippen molar-refractivity contribution in [3.63, 3.8) is 0 Å². The fraction of sp³-hybridized carbons (Fsp3) is 0.191. The molecule has 0 bridgehead atoms. The van der Waals surface area contributed by atoms with E-state index in [1.165, 1.54) is 16.5 Å². The molecule has 0 spiro atoms. The monoisotopic (exact) mass is 665 g/mol. The number of fused-ring (bicyclic) bond motifs is 5. The van der Waals surface area contributed by atoms with Gasteiger partial charge in [0.25, 0.3) is 0 Å². The number of nitrogens with zero attached hydrogens (tertiary/aromatic N) is 3. The molecule has 0 aliphatic heterocycles. The number of anilines is 3. The number of hydrogen-bond donors (Lipinski definition) is 0. The standard InChI is InChI=1S/C47H43N3O/c1-46(2,3)30-31-18-20-39-32(26-31)19-21-40-41-23-25-49-43(45(41)51-44(39)40)34-13-11-17-38(28-34)50(36-14-8-7-9-15-36)37-16-10-12-33(27-37)42-29-35(22-24-48-42)47(4,5)6/h7-29H,30H2,1-6H3. The molecule has 0 radical (unpaired) electrons. The van der Waals surface area contributed by atoms with Crippen molar-refractivity contribution in [2.24, 2.45) is 5.41 Å². The first kappa shape index (κ1) is 32.5.